The molecule has 0 radical (unpaired) electrons. The second-order valence-corrected chi connectivity index (χ2v) is 6.08. The van der Waals surface area contributed by atoms with Gasteiger partial charge in [-0.2, -0.15) is 4.57 Å². The fraction of sp³-hybridized carbons (Fsp3) is 0.176. The van der Waals surface area contributed by atoms with Crippen LogP contribution in [0, 0.1) is 0 Å². The molecular weight excluding hydrogens is 280 g/mol. The predicted molar refractivity (Wildman–Crippen MR) is 87.7 cm³/mol. The number of fused-ring (bicyclic) bond motifs is 1. The van der Waals surface area contributed by atoms with Gasteiger partial charge in [-0.1, -0.05) is 12.1 Å². The highest BCUT2D eigenvalue weighted by Gasteiger charge is 2.20. The van der Waals surface area contributed by atoms with Crippen LogP contribution in [-0.4, -0.2) is 11.7 Å². The molecule has 1 aromatic heterocycles. The second kappa shape index (κ2) is 6.14. The molecule has 0 fully saturated rings. The lowest BCUT2D eigenvalue weighted by atomic mass is 10.1. The van der Waals surface area contributed by atoms with Gasteiger partial charge in [0, 0.05) is 24.7 Å². The summed E-state index contributed by atoms with van der Waals surface area (Å²) >= 11 is 1.89. The van der Waals surface area contributed by atoms with Crippen LogP contribution in [0.4, 0.5) is 5.69 Å². The monoisotopic (exact) mass is 297 g/mol. The lowest BCUT2D eigenvalue weighted by Crippen LogP contribution is -2.40. The highest BCUT2D eigenvalue weighted by molar-refractivity contribution is 8.08. The van der Waals surface area contributed by atoms with Gasteiger partial charge in [0.2, 0.25) is 11.6 Å². The Kier molecular flexibility index (Phi) is 4.06. The summed E-state index contributed by atoms with van der Waals surface area (Å²) in [7, 11) is 0. The standard InChI is InChI=1S/C17H16N2OS/c1-13(20)18-15-7-5-14(6-8-15)12-17-16-4-2-3-9-19(16)10-11-21-17/h2-9,12H,10-11H2,1H3/p+1. The Labute approximate surface area is 128 Å². The molecule has 0 atom stereocenters. The SMILES string of the molecule is CC(=O)Nc1ccc(/C=C2\SCC[n+]3ccccc32)cc1. The van der Waals surface area contributed by atoms with E-state index in [-0.39, 0.29) is 5.91 Å². The van der Waals surface area contributed by atoms with Gasteiger partial charge in [-0.05, 0) is 29.8 Å². The third-order valence-corrected chi connectivity index (χ3v) is 4.34. The maximum absolute atomic E-state index is 11.0. The molecule has 0 unspecified atom stereocenters. The summed E-state index contributed by atoms with van der Waals surface area (Å²) in [6, 6.07) is 14.2. The molecule has 2 aromatic rings. The minimum atomic E-state index is -0.0470. The zero-order chi connectivity index (χ0) is 14.7. The quantitative estimate of drug-likeness (QED) is 0.864. The van der Waals surface area contributed by atoms with Gasteiger partial charge < -0.3 is 5.32 Å². The van der Waals surface area contributed by atoms with E-state index in [4.69, 9.17) is 0 Å². The molecule has 1 aromatic carbocycles. The normalized spacial score (nSPS) is 15.6. The van der Waals surface area contributed by atoms with E-state index in [1.54, 1.807) is 0 Å². The van der Waals surface area contributed by atoms with Crippen molar-refractivity contribution in [3.63, 3.8) is 0 Å². The number of aromatic nitrogens is 1. The Morgan fingerprint density at radius 1 is 1.24 bits per heavy atom. The number of nitrogens with zero attached hydrogens (tertiary/aromatic N) is 1. The molecule has 21 heavy (non-hydrogen) atoms. The van der Waals surface area contributed by atoms with Crippen LogP contribution in [0.3, 0.4) is 0 Å². The zero-order valence-electron chi connectivity index (χ0n) is 11.9. The number of amides is 1. The Balaban J connectivity index is 1.87. The van der Waals surface area contributed by atoms with Crippen molar-refractivity contribution in [1.29, 1.82) is 0 Å². The lowest BCUT2D eigenvalue weighted by Gasteiger charge is -2.12. The van der Waals surface area contributed by atoms with Gasteiger partial charge in [0.05, 0.1) is 10.7 Å². The Morgan fingerprint density at radius 2 is 2.05 bits per heavy atom. The van der Waals surface area contributed by atoms with Crippen LogP contribution in [0.5, 0.6) is 0 Å². The van der Waals surface area contributed by atoms with Crippen LogP contribution in [0.15, 0.2) is 48.7 Å². The van der Waals surface area contributed by atoms with Crippen molar-refractivity contribution in [3.8, 4) is 0 Å². The van der Waals surface area contributed by atoms with E-state index in [9.17, 15) is 4.79 Å². The molecule has 4 heteroatoms. The van der Waals surface area contributed by atoms with Gasteiger partial charge in [-0.3, -0.25) is 4.79 Å². The summed E-state index contributed by atoms with van der Waals surface area (Å²) in [5.41, 5.74) is 3.24. The Hall–Kier alpha value is -2.07. The number of hydrogen-bond acceptors (Lipinski definition) is 2. The summed E-state index contributed by atoms with van der Waals surface area (Å²) in [5, 5.41) is 2.78. The summed E-state index contributed by atoms with van der Waals surface area (Å²) in [6.07, 6.45) is 4.33. The van der Waals surface area contributed by atoms with Crippen molar-refractivity contribution in [1.82, 2.24) is 0 Å². The van der Waals surface area contributed by atoms with E-state index in [0.717, 1.165) is 23.5 Å². The number of hydrogen-bond donors (Lipinski definition) is 1. The van der Waals surface area contributed by atoms with Crippen molar-refractivity contribution in [2.24, 2.45) is 0 Å². The third-order valence-electron chi connectivity index (χ3n) is 3.31. The Bertz CT molecular complexity index is 692. The van der Waals surface area contributed by atoms with Gasteiger partial charge in [0.1, 0.15) is 0 Å². The number of carbonyl (C=O) groups is 1. The fourth-order valence-corrected chi connectivity index (χ4v) is 3.42. The molecule has 0 bridgehead atoms. The first-order chi connectivity index (χ1) is 10.2. The van der Waals surface area contributed by atoms with Crippen LogP contribution < -0.4 is 9.88 Å². The molecule has 106 valence electrons. The number of nitrogens with one attached hydrogen (secondary N) is 1. The first-order valence-corrected chi connectivity index (χ1v) is 7.92. The molecular formula is C17H17N2OS+. The van der Waals surface area contributed by atoms with Crippen molar-refractivity contribution in [2.45, 2.75) is 13.5 Å². The van der Waals surface area contributed by atoms with Crippen molar-refractivity contribution in [3.05, 3.63) is 59.9 Å². The maximum atomic E-state index is 11.0. The number of benzene rings is 1. The van der Waals surface area contributed by atoms with E-state index >= 15 is 0 Å². The number of anilines is 1. The predicted octanol–water partition coefficient (Wildman–Crippen LogP) is 3.18. The average molecular weight is 297 g/mol. The second-order valence-electron chi connectivity index (χ2n) is 4.94. The molecule has 0 spiro atoms. The van der Waals surface area contributed by atoms with Gasteiger partial charge >= 0.3 is 0 Å². The molecule has 2 heterocycles. The number of rotatable bonds is 2. The number of carbonyl (C=O) groups excluding carboxylic acids is 1. The van der Waals surface area contributed by atoms with E-state index in [1.165, 1.54) is 17.5 Å². The summed E-state index contributed by atoms with van der Waals surface area (Å²) < 4.78 is 2.29. The van der Waals surface area contributed by atoms with Crippen molar-refractivity contribution >= 4 is 34.3 Å². The Morgan fingerprint density at radius 3 is 2.81 bits per heavy atom. The van der Waals surface area contributed by atoms with Crippen LogP contribution in [-0.2, 0) is 11.3 Å². The minimum Gasteiger partial charge on any atom is -0.326 e. The van der Waals surface area contributed by atoms with Crippen LogP contribution in [0.1, 0.15) is 18.2 Å². The van der Waals surface area contributed by atoms with E-state index in [2.05, 4.69) is 40.4 Å². The molecule has 0 aliphatic carbocycles. The zero-order valence-corrected chi connectivity index (χ0v) is 12.7. The molecule has 1 amide bonds. The van der Waals surface area contributed by atoms with Gasteiger partial charge in [0.25, 0.3) is 0 Å². The fourth-order valence-electron chi connectivity index (χ4n) is 2.36. The smallest absolute Gasteiger partial charge is 0.221 e. The maximum Gasteiger partial charge on any atom is 0.221 e. The molecule has 3 rings (SSSR count). The lowest BCUT2D eigenvalue weighted by molar-refractivity contribution is -0.695. The summed E-state index contributed by atoms with van der Waals surface area (Å²) in [6.45, 7) is 2.57. The van der Waals surface area contributed by atoms with Gasteiger partial charge in [0.15, 0.2) is 12.7 Å². The minimum absolute atomic E-state index is 0.0470. The number of thioether (sulfide) groups is 1. The molecule has 1 N–H and O–H groups in total. The third kappa shape index (κ3) is 3.34. The number of aryl methyl sites for hydroxylation is 1. The van der Waals surface area contributed by atoms with Crippen LogP contribution in [0.25, 0.3) is 11.0 Å². The highest BCUT2D eigenvalue weighted by atomic mass is 32.2. The molecule has 1 aliphatic rings. The largest absolute Gasteiger partial charge is 0.326 e. The van der Waals surface area contributed by atoms with Crippen LogP contribution in [0.2, 0.25) is 0 Å². The van der Waals surface area contributed by atoms with E-state index in [1.807, 2.05) is 36.0 Å². The summed E-state index contributed by atoms with van der Waals surface area (Å²) in [5.74, 6) is 1.05. The first kappa shape index (κ1) is 13.9. The first-order valence-electron chi connectivity index (χ1n) is 6.93. The van der Waals surface area contributed by atoms with Crippen molar-refractivity contribution < 1.29 is 9.36 Å². The van der Waals surface area contributed by atoms with E-state index in [0.29, 0.717) is 0 Å². The number of pyridine rings is 1. The average Bonchev–Trinajstić information content (AvgIpc) is 2.49. The highest BCUT2D eigenvalue weighted by Crippen LogP contribution is 2.30. The van der Waals surface area contributed by atoms with Crippen LogP contribution >= 0.6 is 11.8 Å². The van der Waals surface area contributed by atoms with Gasteiger partial charge in [-0.15, -0.1) is 11.8 Å². The topological polar surface area (TPSA) is 33.0 Å². The molecule has 1 aliphatic heterocycles. The molecule has 0 saturated carbocycles. The van der Waals surface area contributed by atoms with E-state index < -0.39 is 0 Å². The van der Waals surface area contributed by atoms with Crippen molar-refractivity contribution in [2.75, 3.05) is 11.1 Å². The van der Waals surface area contributed by atoms with Gasteiger partial charge in [-0.25, -0.2) is 0 Å². The molecule has 0 saturated heterocycles. The molecule has 3 nitrogen and oxygen atoms in total. The summed E-state index contributed by atoms with van der Waals surface area (Å²) in [4.78, 5) is 12.3.